The minimum atomic E-state index is -1.00. The fraction of sp³-hybridized carbons (Fsp3) is 0.0909. The van der Waals surface area contributed by atoms with Crippen molar-refractivity contribution in [3.05, 3.63) is 54.1 Å². The average molecular weight is 373 g/mol. The zero-order chi connectivity index (χ0) is 13.4. The second kappa shape index (κ2) is 5.43. The van der Waals surface area contributed by atoms with Gasteiger partial charge in [-0.1, -0.05) is 23.2 Å². The molecule has 0 bridgehead atoms. The maximum Gasteiger partial charge on any atom is 0.145 e. The maximum atomic E-state index is 13.9. The Morgan fingerprint density at radius 3 is 2.50 bits per heavy atom. The van der Waals surface area contributed by atoms with E-state index in [9.17, 15) is 8.78 Å². The molecular weight excluding hydrogens is 367 g/mol. The van der Waals surface area contributed by atoms with Gasteiger partial charge in [-0.3, -0.25) is 0 Å². The molecule has 96 valence electrons. The monoisotopic (exact) mass is 371 g/mol. The number of nitrogens with two attached hydrogens (primary N) is 1. The van der Waals surface area contributed by atoms with Gasteiger partial charge in [0.25, 0.3) is 0 Å². The highest BCUT2D eigenvalue weighted by atomic mass is 79.9. The van der Waals surface area contributed by atoms with Gasteiger partial charge in [0.1, 0.15) is 11.6 Å². The highest BCUT2D eigenvalue weighted by Gasteiger charge is 2.23. The molecule has 2 aromatic rings. The van der Waals surface area contributed by atoms with Crippen LogP contribution in [0.3, 0.4) is 0 Å². The van der Waals surface area contributed by atoms with Crippen molar-refractivity contribution in [3.63, 3.8) is 0 Å². The molecular formula is C11H6BrCl2F2NS. The Morgan fingerprint density at radius 1 is 1.28 bits per heavy atom. The van der Waals surface area contributed by atoms with E-state index in [4.69, 9.17) is 28.9 Å². The minimum Gasteiger partial charge on any atom is -0.320 e. The second-order valence-corrected chi connectivity index (χ2v) is 6.65. The molecule has 0 saturated carbocycles. The average Bonchev–Trinajstić information content (AvgIpc) is 2.63. The zero-order valence-electron chi connectivity index (χ0n) is 8.68. The van der Waals surface area contributed by atoms with Crippen LogP contribution in [-0.4, -0.2) is 0 Å². The molecule has 0 radical (unpaired) electrons. The Bertz CT molecular complexity index is 603. The molecule has 0 fully saturated rings. The van der Waals surface area contributed by atoms with Crippen LogP contribution in [0.4, 0.5) is 8.78 Å². The summed E-state index contributed by atoms with van der Waals surface area (Å²) in [5.74, 6) is -1.46. The van der Waals surface area contributed by atoms with Crippen LogP contribution in [-0.2, 0) is 0 Å². The van der Waals surface area contributed by atoms with E-state index in [2.05, 4.69) is 15.9 Å². The van der Waals surface area contributed by atoms with E-state index in [0.717, 1.165) is 17.4 Å². The van der Waals surface area contributed by atoms with Gasteiger partial charge in [-0.25, -0.2) is 8.78 Å². The minimum absolute atomic E-state index is 0.145. The number of hydrogen-bond donors (Lipinski definition) is 1. The summed E-state index contributed by atoms with van der Waals surface area (Å²) in [4.78, 5) is 0. The molecule has 1 aromatic heterocycles. The Labute approximate surface area is 125 Å². The molecule has 0 aliphatic carbocycles. The predicted molar refractivity (Wildman–Crippen MR) is 74.4 cm³/mol. The first-order valence-corrected chi connectivity index (χ1v) is 7.12. The summed E-state index contributed by atoms with van der Waals surface area (Å²) >= 11 is 15.8. The van der Waals surface area contributed by atoms with E-state index >= 15 is 0 Å². The van der Waals surface area contributed by atoms with Gasteiger partial charge in [0.2, 0.25) is 0 Å². The number of rotatable bonds is 2. The summed E-state index contributed by atoms with van der Waals surface area (Å²) in [6, 6.07) is 2.94. The predicted octanol–water partition coefficient (Wildman–Crippen LogP) is 5.14. The molecule has 7 heteroatoms. The quantitative estimate of drug-likeness (QED) is 0.725. The van der Waals surface area contributed by atoms with Gasteiger partial charge >= 0.3 is 0 Å². The van der Waals surface area contributed by atoms with Crippen LogP contribution in [0.1, 0.15) is 17.2 Å². The molecule has 1 atom stereocenters. The third kappa shape index (κ3) is 2.56. The van der Waals surface area contributed by atoms with Crippen molar-refractivity contribution >= 4 is 50.5 Å². The third-order valence-corrected chi connectivity index (χ3v) is 4.54. The van der Waals surface area contributed by atoms with Crippen molar-refractivity contribution in [1.82, 2.24) is 0 Å². The largest absolute Gasteiger partial charge is 0.320 e. The maximum absolute atomic E-state index is 13.9. The molecule has 0 saturated heterocycles. The van der Waals surface area contributed by atoms with Crippen molar-refractivity contribution in [2.75, 3.05) is 0 Å². The summed E-state index contributed by atoms with van der Waals surface area (Å²) in [6.45, 7) is 0. The van der Waals surface area contributed by atoms with Crippen molar-refractivity contribution in [2.45, 2.75) is 6.04 Å². The summed E-state index contributed by atoms with van der Waals surface area (Å²) in [5, 5.41) is 0. The molecule has 0 aliphatic rings. The van der Waals surface area contributed by atoms with Gasteiger partial charge in [0.15, 0.2) is 0 Å². The van der Waals surface area contributed by atoms with Gasteiger partial charge in [0.05, 0.1) is 19.2 Å². The van der Waals surface area contributed by atoms with E-state index in [1.54, 1.807) is 0 Å². The fourth-order valence-electron chi connectivity index (χ4n) is 1.55. The Kier molecular flexibility index (Phi) is 4.29. The topological polar surface area (TPSA) is 26.0 Å². The highest BCUT2D eigenvalue weighted by Crippen LogP contribution is 2.38. The number of halogens is 5. The Balaban J connectivity index is 2.56. The molecule has 1 aromatic carbocycles. The van der Waals surface area contributed by atoms with Gasteiger partial charge in [-0.05, 0) is 34.1 Å². The van der Waals surface area contributed by atoms with Crippen molar-refractivity contribution in [3.8, 4) is 0 Å². The lowest BCUT2D eigenvalue weighted by atomic mass is 10.0. The molecule has 0 spiro atoms. The van der Waals surface area contributed by atoms with Crippen LogP contribution < -0.4 is 5.73 Å². The van der Waals surface area contributed by atoms with Gasteiger partial charge in [0, 0.05) is 11.1 Å². The number of hydrogen-bond acceptors (Lipinski definition) is 2. The van der Waals surface area contributed by atoms with Crippen molar-refractivity contribution in [2.24, 2.45) is 5.73 Å². The first-order chi connectivity index (χ1) is 8.41. The van der Waals surface area contributed by atoms with Crippen LogP contribution in [0.15, 0.2) is 22.7 Å². The van der Waals surface area contributed by atoms with Gasteiger partial charge in [-0.15, -0.1) is 11.3 Å². The Morgan fingerprint density at radius 2 is 1.94 bits per heavy atom. The number of benzene rings is 1. The summed E-state index contributed by atoms with van der Waals surface area (Å²) in [5.41, 5.74) is 6.03. The van der Waals surface area contributed by atoms with Crippen LogP contribution in [0.5, 0.6) is 0 Å². The second-order valence-electron chi connectivity index (χ2n) is 3.51. The van der Waals surface area contributed by atoms with Gasteiger partial charge in [-0.2, -0.15) is 0 Å². The first kappa shape index (κ1) is 14.2. The van der Waals surface area contributed by atoms with E-state index < -0.39 is 17.7 Å². The van der Waals surface area contributed by atoms with Crippen molar-refractivity contribution < 1.29 is 8.78 Å². The molecule has 1 heterocycles. The third-order valence-electron chi connectivity index (χ3n) is 2.41. The number of thiophene rings is 1. The van der Waals surface area contributed by atoms with Gasteiger partial charge < -0.3 is 5.73 Å². The summed E-state index contributed by atoms with van der Waals surface area (Å²) in [7, 11) is 0. The fourth-order valence-corrected chi connectivity index (χ4v) is 3.44. The molecule has 1 nitrogen and oxygen atoms in total. The van der Waals surface area contributed by atoms with E-state index in [1.165, 1.54) is 12.1 Å². The zero-order valence-corrected chi connectivity index (χ0v) is 12.6. The molecule has 1 unspecified atom stereocenters. The van der Waals surface area contributed by atoms with Crippen LogP contribution >= 0.6 is 50.5 Å². The van der Waals surface area contributed by atoms with E-state index in [0.29, 0.717) is 14.2 Å². The normalized spacial score (nSPS) is 12.8. The molecule has 2 rings (SSSR count). The standard InChI is InChI=1S/C11H6BrCl2F2NS/c12-5-1-2-6(15)8(9(5)16)10(17)4-3-7(13)18-11(4)14/h1-3,10H,17H2. The summed E-state index contributed by atoms with van der Waals surface area (Å²) < 4.78 is 28.5. The van der Waals surface area contributed by atoms with E-state index in [1.807, 2.05) is 0 Å². The lowest BCUT2D eigenvalue weighted by Gasteiger charge is -2.14. The van der Waals surface area contributed by atoms with Crippen LogP contribution in [0, 0.1) is 11.6 Å². The summed E-state index contributed by atoms with van der Waals surface area (Å²) in [6.07, 6.45) is 0. The first-order valence-electron chi connectivity index (χ1n) is 4.75. The smallest absolute Gasteiger partial charge is 0.145 e. The van der Waals surface area contributed by atoms with Crippen LogP contribution in [0.2, 0.25) is 8.67 Å². The molecule has 0 aliphatic heterocycles. The lowest BCUT2D eigenvalue weighted by molar-refractivity contribution is 0.539. The highest BCUT2D eigenvalue weighted by molar-refractivity contribution is 9.10. The van der Waals surface area contributed by atoms with Crippen LogP contribution in [0.25, 0.3) is 0 Å². The van der Waals surface area contributed by atoms with E-state index in [-0.39, 0.29) is 10.0 Å². The molecule has 2 N–H and O–H groups in total. The molecule has 0 amide bonds. The molecule has 18 heavy (non-hydrogen) atoms. The SMILES string of the molecule is NC(c1cc(Cl)sc1Cl)c1c(F)ccc(Br)c1F. The lowest BCUT2D eigenvalue weighted by Crippen LogP contribution is -2.15. The van der Waals surface area contributed by atoms with Crippen molar-refractivity contribution in [1.29, 1.82) is 0 Å². The Hall–Kier alpha value is -0.200.